The maximum atomic E-state index is 10.2. The van der Waals surface area contributed by atoms with Crippen LogP contribution in [-0.4, -0.2) is 25.8 Å². The van der Waals surface area contributed by atoms with E-state index in [1.54, 1.807) is 0 Å². The Balaban J connectivity index is 4.93. The van der Waals surface area contributed by atoms with Crippen LogP contribution in [0.2, 0.25) is 11.1 Å². The summed E-state index contributed by atoms with van der Waals surface area (Å²) in [7, 11) is -2.00. The van der Waals surface area contributed by atoms with Gasteiger partial charge in [-0.1, -0.05) is 34.6 Å². The normalized spacial score (nSPS) is 15.2. The van der Waals surface area contributed by atoms with Crippen LogP contribution in [0.15, 0.2) is 0 Å². The van der Waals surface area contributed by atoms with Gasteiger partial charge >= 0.3 is 0 Å². The fourth-order valence-corrected chi connectivity index (χ4v) is 7.30. The lowest BCUT2D eigenvalue weighted by molar-refractivity contribution is 0.179. The third-order valence-corrected chi connectivity index (χ3v) is 8.95. The summed E-state index contributed by atoms with van der Waals surface area (Å²) in [6, 6.07) is 0. The zero-order chi connectivity index (χ0) is 11.4. The predicted octanol–water partition coefficient (Wildman–Crippen LogP) is 3.10. The topological polar surface area (TPSA) is 29.5 Å². The molecule has 0 aliphatic carbocycles. The molecule has 0 radical (unpaired) electrons. The molecule has 3 heteroatoms. The first kappa shape index (κ1) is 14.1. The van der Waals surface area contributed by atoms with Crippen LogP contribution in [0.1, 0.15) is 48.0 Å². The van der Waals surface area contributed by atoms with Crippen molar-refractivity contribution in [3.8, 4) is 0 Å². The van der Waals surface area contributed by atoms with Gasteiger partial charge in [0.05, 0.1) is 5.73 Å². The molecule has 0 aliphatic rings. The fourth-order valence-electron chi connectivity index (χ4n) is 2.43. The summed E-state index contributed by atoms with van der Waals surface area (Å²) in [4.78, 5) is 0. The highest BCUT2D eigenvalue weighted by molar-refractivity contribution is 6.77. The Hall–Kier alpha value is 0.137. The number of aliphatic hydroxyl groups is 1. The third-order valence-electron chi connectivity index (χ3n) is 3.11. The van der Waals surface area contributed by atoms with Crippen molar-refractivity contribution in [3.63, 3.8) is 0 Å². The molecule has 0 aromatic carbocycles. The first-order chi connectivity index (χ1) is 6.43. The Morgan fingerprint density at radius 2 is 1.50 bits per heavy atom. The van der Waals surface area contributed by atoms with E-state index in [1.165, 1.54) is 0 Å². The van der Waals surface area contributed by atoms with Crippen LogP contribution in [0.25, 0.3) is 0 Å². The fraction of sp³-hybridized carbons (Fsp3) is 1.00. The molecule has 86 valence electrons. The second-order valence-electron chi connectivity index (χ2n) is 4.52. The van der Waals surface area contributed by atoms with Crippen LogP contribution >= 0.6 is 0 Å². The van der Waals surface area contributed by atoms with Gasteiger partial charge in [0.2, 0.25) is 8.32 Å². The van der Waals surface area contributed by atoms with Crippen LogP contribution in [0.4, 0.5) is 0 Å². The first-order valence-electron chi connectivity index (χ1n) is 5.75. The molecule has 2 nitrogen and oxygen atoms in total. The highest BCUT2D eigenvalue weighted by Crippen LogP contribution is 2.37. The standard InChI is InChI=1S/C11H26O2Si/c1-7-11(12)14(9(3)4,10(5)6)13-8-2/h9-12H,7-8H2,1-6H3. The van der Waals surface area contributed by atoms with E-state index in [-0.39, 0.29) is 5.73 Å². The van der Waals surface area contributed by atoms with Crippen molar-refractivity contribution in [2.24, 2.45) is 0 Å². The SMILES string of the molecule is CCO[Si](C(C)C)(C(C)C)C(O)CC. The average Bonchev–Trinajstić information content (AvgIpc) is 2.11. The Bertz CT molecular complexity index is 149. The molecule has 0 saturated heterocycles. The number of hydrogen-bond acceptors (Lipinski definition) is 2. The summed E-state index contributed by atoms with van der Waals surface area (Å²) in [6.45, 7) is 13.5. The molecular formula is C11H26O2Si. The first-order valence-corrected chi connectivity index (χ1v) is 7.89. The molecular weight excluding hydrogens is 192 g/mol. The van der Waals surface area contributed by atoms with Gasteiger partial charge in [0.1, 0.15) is 0 Å². The van der Waals surface area contributed by atoms with Gasteiger partial charge in [-0.25, -0.2) is 0 Å². The van der Waals surface area contributed by atoms with Gasteiger partial charge < -0.3 is 9.53 Å². The molecule has 0 aromatic heterocycles. The predicted molar refractivity (Wildman–Crippen MR) is 63.9 cm³/mol. The molecule has 0 saturated carbocycles. The molecule has 14 heavy (non-hydrogen) atoms. The number of hydrogen-bond donors (Lipinski definition) is 1. The maximum absolute atomic E-state index is 10.2. The molecule has 1 unspecified atom stereocenters. The Morgan fingerprint density at radius 3 is 1.71 bits per heavy atom. The molecule has 0 amide bonds. The van der Waals surface area contributed by atoms with Gasteiger partial charge in [0.25, 0.3) is 0 Å². The van der Waals surface area contributed by atoms with E-state index >= 15 is 0 Å². The number of aliphatic hydroxyl groups excluding tert-OH is 1. The minimum absolute atomic E-state index is 0.234. The molecule has 1 atom stereocenters. The van der Waals surface area contributed by atoms with E-state index in [2.05, 4.69) is 27.7 Å². The Kier molecular flexibility index (Phi) is 5.94. The zero-order valence-corrected chi connectivity index (χ0v) is 11.5. The highest BCUT2D eigenvalue weighted by atomic mass is 28.4. The average molecular weight is 218 g/mol. The highest BCUT2D eigenvalue weighted by Gasteiger charge is 2.47. The van der Waals surface area contributed by atoms with E-state index in [4.69, 9.17) is 4.43 Å². The van der Waals surface area contributed by atoms with Crippen molar-refractivity contribution in [1.82, 2.24) is 0 Å². The summed E-state index contributed by atoms with van der Waals surface area (Å²) in [5.74, 6) is 0. The Morgan fingerprint density at radius 1 is 1.07 bits per heavy atom. The van der Waals surface area contributed by atoms with Crippen LogP contribution in [-0.2, 0) is 4.43 Å². The molecule has 0 fully saturated rings. The van der Waals surface area contributed by atoms with Gasteiger partial charge in [-0.2, -0.15) is 0 Å². The minimum atomic E-state index is -2.00. The maximum Gasteiger partial charge on any atom is 0.225 e. The van der Waals surface area contributed by atoms with Crippen LogP contribution in [0.3, 0.4) is 0 Å². The molecule has 0 rings (SSSR count). The zero-order valence-electron chi connectivity index (χ0n) is 10.5. The molecule has 0 bridgehead atoms. The summed E-state index contributed by atoms with van der Waals surface area (Å²) in [6.07, 6.45) is 0.808. The van der Waals surface area contributed by atoms with Gasteiger partial charge in [0, 0.05) is 6.61 Å². The van der Waals surface area contributed by atoms with Crippen molar-refractivity contribution >= 4 is 8.32 Å². The molecule has 0 aliphatic heterocycles. The van der Waals surface area contributed by atoms with E-state index in [1.807, 2.05) is 13.8 Å². The lowest BCUT2D eigenvalue weighted by atomic mass is 10.5. The van der Waals surface area contributed by atoms with Crippen LogP contribution in [0.5, 0.6) is 0 Å². The summed E-state index contributed by atoms with van der Waals surface area (Å²) >= 11 is 0. The third kappa shape index (κ3) is 2.58. The summed E-state index contributed by atoms with van der Waals surface area (Å²) in [5.41, 5.74) is 0.706. The van der Waals surface area contributed by atoms with Crippen molar-refractivity contribution in [2.45, 2.75) is 64.8 Å². The quantitative estimate of drug-likeness (QED) is 0.694. The van der Waals surface area contributed by atoms with Crippen LogP contribution < -0.4 is 0 Å². The smallest absolute Gasteiger partial charge is 0.225 e. The molecule has 1 N–H and O–H groups in total. The largest absolute Gasteiger partial charge is 0.414 e. The van der Waals surface area contributed by atoms with E-state index in [0.717, 1.165) is 13.0 Å². The molecule has 0 spiro atoms. The summed E-state index contributed by atoms with van der Waals surface area (Å²) in [5, 5.41) is 10.2. The van der Waals surface area contributed by atoms with Crippen molar-refractivity contribution in [2.75, 3.05) is 6.61 Å². The van der Waals surface area contributed by atoms with Crippen LogP contribution in [0, 0.1) is 0 Å². The Labute approximate surface area is 89.8 Å². The second kappa shape index (κ2) is 5.88. The monoisotopic (exact) mass is 218 g/mol. The van der Waals surface area contributed by atoms with Gasteiger partial charge in [0.15, 0.2) is 0 Å². The number of rotatable bonds is 6. The van der Waals surface area contributed by atoms with Crippen molar-refractivity contribution in [3.05, 3.63) is 0 Å². The molecule has 0 aromatic rings. The van der Waals surface area contributed by atoms with Gasteiger partial charge in [-0.15, -0.1) is 0 Å². The lowest BCUT2D eigenvalue weighted by Gasteiger charge is -2.41. The lowest BCUT2D eigenvalue weighted by Crippen LogP contribution is -2.55. The summed E-state index contributed by atoms with van der Waals surface area (Å²) < 4.78 is 5.99. The minimum Gasteiger partial charge on any atom is -0.414 e. The van der Waals surface area contributed by atoms with Gasteiger partial charge in [-0.05, 0) is 24.4 Å². The van der Waals surface area contributed by atoms with Gasteiger partial charge in [-0.3, -0.25) is 0 Å². The van der Waals surface area contributed by atoms with Crippen molar-refractivity contribution in [1.29, 1.82) is 0 Å². The molecule has 0 heterocycles. The second-order valence-corrected chi connectivity index (χ2v) is 9.49. The van der Waals surface area contributed by atoms with E-state index < -0.39 is 8.32 Å². The van der Waals surface area contributed by atoms with Crippen molar-refractivity contribution < 1.29 is 9.53 Å². The van der Waals surface area contributed by atoms with E-state index in [0.29, 0.717) is 11.1 Å². The van der Waals surface area contributed by atoms with E-state index in [9.17, 15) is 5.11 Å².